The summed E-state index contributed by atoms with van der Waals surface area (Å²) in [5, 5.41) is 15.0. The van der Waals surface area contributed by atoms with Gasteiger partial charge in [0.1, 0.15) is 0 Å². The Hall–Kier alpha value is -2.76. The third-order valence-electron chi connectivity index (χ3n) is 2.85. The molecule has 0 spiro atoms. The molecule has 6 heteroatoms. The van der Waals surface area contributed by atoms with E-state index in [-0.39, 0.29) is 5.69 Å². The zero-order valence-corrected chi connectivity index (χ0v) is 10.1. The molecule has 94 valence electrons. The van der Waals surface area contributed by atoms with Crippen LogP contribution in [0.4, 0.5) is 5.69 Å². The summed E-state index contributed by atoms with van der Waals surface area (Å²) in [6.45, 7) is 1.90. The second-order valence-electron chi connectivity index (χ2n) is 4.19. The number of hydrogen-bond acceptors (Lipinski definition) is 4. The quantitative estimate of drug-likeness (QED) is 0.520. The van der Waals surface area contributed by atoms with E-state index in [2.05, 4.69) is 10.1 Å². The predicted octanol–water partition coefficient (Wildman–Crippen LogP) is 2.61. The highest BCUT2D eigenvalue weighted by atomic mass is 16.6. The number of fused-ring (bicyclic) bond motifs is 1. The van der Waals surface area contributed by atoms with Crippen molar-refractivity contribution in [1.82, 2.24) is 14.6 Å². The molecule has 0 radical (unpaired) electrons. The molecule has 0 saturated carbocycles. The Bertz CT molecular complexity index is 762. The fourth-order valence-electron chi connectivity index (χ4n) is 1.98. The zero-order chi connectivity index (χ0) is 13.4. The van der Waals surface area contributed by atoms with E-state index in [1.54, 1.807) is 22.8 Å². The number of rotatable bonds is 2. The van der Waals surface area contributed by atoms with Gasteiger partial charge in [0.2, 0.25) is 0 Å². The lowest BCUT2D eigenvalue weighted by Gasteiger charge is -2.03. The maximum atomic E-state index is 10.6. The highest BCUT2D eigenvalue weighted by molar-refractivity contribution is 5.63. The van der Waals surface area contributed by atoms with Crippen LogP contribution in [-0.4, -0.2) is 19.5 Å². The van der Waals surface area contributed by atoms with Gasteiger partial charge in [-0.3, -0.25) is 10.1 Å². The summed E-state index contributed by atoms with van der Waals surface area (Å²) >= 11 is 0. The van der Waals surface area contributed by atoms with E-state index in [9.17, 15) is 10.1 Å². The van der Waals surface area contributed by atoms with Crippen molar-refractivity contribution in [3.8, 4) is 11.3 Å². The second-order valence-corrected chi connectivity index (χ2v) is 4.19. The molecule has 0 aliphatic rings. The van der Waals surface area contributed by atoms with Crippen LogP contribution in [0.1, 0.15) is 5.69 Å². The molecule has 0 saturated heterocycles. The molecule has 19 heavy (non-hydrogen) atoms. The Morgan fingerprint density at radius 1 is 1.21 bits per heavy atom. The molecule has 2 aromatic heterocycles. The maximum Gasteiger partial charge on any atom is 0.269 e. The molecule has 0 unspecified atom stereocenters. The van der Waals surface area contributed by atoms with Gasteiger partial charge >= 0.3 is 0 Å². The molecule has 6 nitrogen and oxygen atoms in total. The molecule has 0 fully saturated rings. The molecule has 0 aliphatic carbocycles. The van der Waals surface area contributed by atoms with Gasteiger partial charge in [-0.1, -0.05) is 0 Å². The fourth-order valence-corrected chi connectivity index (χ4v) is 1.98. The summed E-state index contributed by atoms with van der Waals surface area (Å²) in [4.78, 5) is 14.5. The van der Waals surface area contributed by atoms with Gasteiger partial charge < -0.3 is 0 Å². The van der Waals surface area contributed by atoms with Crippen LogP contribution in [0.25, 0.3) is 16.9 Å². The molecule has 0 atom stereocenters. The van der Waals surface area contributed by atoms with Gasteiger partial charge in [-0.05, 0) is 25.1 Å². The van der Waals surface area contributed by atoms with Crippen LogP contribution in [0.2, 0.25) is 0 Å². The van der Waals surface area contributed by atoms with Crippen LogP contribution >= 0.6 is 0 Å². The van der Waals surface area contributed by atoms with Gasteiger partial charge in [-0.25, -0.2) is 9.50 Å². The lowest BCUT2D eigenvalue weighted by Crippen LogP contribution is -1.96. The van der Waals surface area contributed by atoms with Crippen LogP contribution in [0, 0.1) is 17.0 Å². The van der Waals surface area contributed by atoms with Crippen molar-refractivity contribution in [2.45, 2.75) is 6.92 Å². The summed E-state index contributed by atoms with van der Waals surface area (Å²) in [5.41, 5.74) is 3.43. The van der Waals surface area contributed by atoms with E-state index >= 15 is 0 Å². The Balaban J connectivity index is 2.15. The van der Waals surface area contributed by atoms with E-state index in [4.69, 9.17) is 0 Å². The Kier molecular flexibility index (Phi) is 2.49. The topological polar surface area (TPSA) is 73.3 Å². The number of nitro groups is 1. The second kappa shape index (κ2) is 4.16. The van der Waals surface area contributed by atoms with Crippen molar-refractivity contribution >= 4 is 11.3 Å². The van der Waals surface area contributed by atoms with Crippen LogP contribution in [0.15, 0.2) is 42.6 Å². The first kappa shape index (κ1) is 11.3. The van der Waals surface area contributed by atoms with E-state index in [0.29, 0.717) is 0 Å². The standard InChI is InChI=1S/C13H10N4O2/c1-9-8-13-14-7-6-12(16(13)15-9)10-2-4-11(5-3-10)17(18)19/h2-8H,1H3. The SMILES string of the molecule is Cc1cc2nccc(-c3ccc([N+](=O)[O-])cc3)n2n1. The maximum absolute atomic E-state index is 10.6. The Morgan fingerprint density at radius 3 is 2.63 bits per heavy atom. The van der Waals surface area contributed by atoms with Gasteiger partial charge in [-0.15, -0.1) is 0 Å². The lowest BCUT2D eigenvalue weighted by molar-refractivity contribution is -0.384. The molecule has 0 bridgehead atoms. The number of hydrogen-bond donors (Lipinski definition) is 0. The number of aryl methyl sites for hydroxylation is 1. The van der Waals surface area contributed by atoms with E-state index in [1.807, 2.05) is 19.1 Å². The first-order valence-corrected chi connectivity index (χ1v) is 5.71. The van der Waals surface area contributed by atoms with Crippen LogP contribution in [0.5, 0.6) is 0 Å². The van der Waals surface area contributed by atoms with Gasteiger partial charge in [-0.2, -0.15) is 5.10 Å². The van der Waals surface area contributed by atoms with Crippen molar-refractivity contribution in [1.29, 1.82) is 0 Å². The smallest absolute Gasteiger partial charge is 0.258 e. The minimum atomic E-state index is -0.413. The number of non-ortho nitro benzene ring substituents is 1. The fraction of sp³-hybridized carbons (Fsp3) is 0.0769. The van der Waals surface area contributed by atoms with E-state index in [0.717, 1.165) is 22.6 Å². The van der Waals surface area contributed by atoms with Crippen LogP contribution < -0.4 is 0 Å². The van der Waals surface area contributed by atoms with Gasteiger partial charge in [0.25, 0.3) is 5.69 Å². The third-order valence-corrected chi connectivity index (χ3v) is 2.85. The highest BCUT2D eigenvalue weighted by Gasteiger charge is 2.09. The van der Waals surface area contributed by atoms with E-state index < -0.39 is 4.92 Å². The van der Waals surface area contributed by atoms with Crippen molar-refractivity contribution in [2.75, 3.05) is 0 Å². The van der Waals surface area contributed by atoms with Crippen molar-refractivity contribution < 1.29 is 4.92 Å². The Labute approximate surface area is 108 Å². The number of aromatic nitrogens is 3. The number of nitro benzene ring substituents is 1. The monoisotopic (exact) mass is 254 g/mol. The molecular formula is C13H10N4O2. The van der Waals surface area contributed by atoms with Crippen LogP contribution in [0.3, 0.4) is 0 Å². The molecule has 0 aliphatic heterocycles. The number of nitrogens with zero attached hydrogens (tertiary/aromatic N) is 4. The summed E-state index contributed by atoms with van der Waals surface area (Å²) in [5.74, 6) is 0. The zero-order valence-electron chi connectivity index (χ0n) is 10.1. The summed E-state index contributed by atoms with van der Waals surface area (Å²) < 4.78 is 1.73. The predicted molar refractivity (Wildman–Crippen MR) is 69.8 cm³/mol. The summed E-state index contributed by atoms with van der Waals surface area (Å²) in [6.07, 6.45) is 1.70. The van der Waals surface area contributed by atoms with Crippen molar-refractivity contribution in [2.24, 2.45) is 0 Å². The minimum absolute atomic E-state index is 0.0747. The van der Waals surface area contributed by atoms with Gasteiger partial charge in [0.15, 0.2) is 5.65 Å². The highest BCUT2D eigenvalue weighted by Crippen LogP contribution is 2.22. The molecular weight excluding hydrogens is 244 g/mol. The average Bonchev–Trinajstić information content (AvgIpc) is 2.78. The first-order chi connectivity index (χ1) is 9.15. The van der Waals surface area contributed by atoms with Crippen molar-refractivity contribution in [3.05, 3.63) is 58.4 Å². The molecule has 3 aromatic rings. The number of benzene rings is 1. The van der Waals surface area contributed by atoms with Crippen molar-refractivity contribution in [3.63, 3.8) is 0 Å². The molecule has 1 aromatic carbocycles. The van der Waals surface area contributed by atoms with Crippen LogP contribution in [-0.2, 0) is 0 Å². The third kappa shape index (κ3) is 1.93. The first-order valence-electron chi connectivity index (χ1n) is 5.71. The largest absolute Gasteiger partial charge is 0.269 e. The van der Waals surface area contributed by atoms with E-state index in [1.165, 1.54) is 12.1 Å². The average molecular weight is 254 g/mol. The normalized spacial score (nSPS) is 10.8. The molecule has 0 N–H and O–H groups in total. The Morgan fingerprint density at radius 2 is 1.95 bits per heavy atom. The minimum Gasteiger partial charge on any atom is -0.258 e. The van der Waals surface area contributed by atoms with Gasteiger partial charge in [0, 0.05) is 30.0 Å². The van der Waals surface area contributed by atoms with Gasteiger partial charge in [0.05, 0.1) is 16.3 Å². The lowest BCUT2D eigenvalue weighted by atomic mass is 10.1. The molecule has 0 amide bonds. The summed E-state index contributed by atoms with van der Waals surface area (Å²) in [7, 11) is 0. The summed E-state index contributed by atoms with van der Waals surface area (Å²) in [6, 6.07) is 10.1. The molecule has 2 heterocycles. The molecule has 3 rings (SSSR count).